The predicted molar refractivity (Wildman–Crippen MR) is 115 cm³/mol. The minimum atomic E-state index is -0.511. The Hall–Kier alpha value is -2.17. The van der Waals surface area contributed by atoms with Crippen molar-refractivity contribution >= 4 is 40.4 Å². The van der Waals surface area contributed by atoms with Crippen LogP contribution < -0.4 is 10.9 Å². The van der Waals surface area contributed by atoms with Gasteiger partial charge in [0.2, 0.25) is 0 Å². The van der Waals surface area contributed by atoms with Crippen molar-refractivity contribution in [3.63, 3.8) is 0 Å². The van der Waals surface area contributed by atoms with Crippen LogP contribution in [0, 0.1) is 6.92 Å². The first kappa shape index (κ1) is 18.2. The lowest BCUT2D eigenvalue weighted by Crippen LogP contribution is -2.11. The molecule has 0 saturated heterocycles. The lowest BCUT2D eigenvalue weighted by molar-refractivity contribution is 0.857. The van der Waals surface area contributed by atoms with Gasteiger partial charge in [0.25, 0.3) is 5.56 Å². The molecule has 2 aromatic carbocycles. The molecule has 1 atom stereocenters. The maximum atomic E-state index is 12.6. The number of hydrogen-bond donors (Lipinski definition) is 1. The van der Waals surface area contributed by atoms with Crippen molar-refractivity contribution in [3.8, 4) is 0 Å². The summed E-state index contributed by atoms with van der Waals surface area (Å²) in [5.74, 6) is 0.526. The molecule has 0 fully saturated rings. The third-order valence-electron chi connectivity index (χ3n) is 4.71. The maximum absolute atomic E-state index is 12.6. The summed E-state index contributed by atoms with van der Waals surface area (Å²) in [5.41, 5.74) is 3.47. The molecule has 0 amide bonds. The van der Waals surface area contributed by atoms with Gasteiger partial charge in [0.1, 0.15) is 0 Å². The summed E-state index contributed by atoms with van der Waals surface area (Å²) < 4.78 is 1.80. The molecule has 0 saturated carbocycles. The van der Waals surface area contributed by atoms with E-state index in [9.17, 15) is 4.79 Å². The summed E-state index contributed by atoms with van der Waals surface area (Å²) in [6.07, 6.45) is 0. The SMILES string of the molecule is Cc1cccc2c1c(=O)nc1c(SP(C)c3ccc(C(C)C)cc3)n[nH]n12. The summed E-state index contributed by atoms with van der Waals surface area (Å²) in [4.78, 5) is 16.9. The van der Waals surface area contributed by atoms with Crippen LogP contribution in [0.2, 0.25) is 0 Å². The molecule has 1 unspecified atom stereocenters. The second-order valence-corrected chi connectivity index (χ2v) is 11.2. The Kier molecular flexibility index (Phi) is 4.79. The lowest BCUT2D eigenvalue weighted by Gasteiger charge is -2.12. The highest BCUT2D eigenvalue weighted by atomic mass is 32.7. The number of aromatic amines is 1. The molecule has 27 heavy (non-hydrogen) atoms. The smallest absolute Gasteiger partial charge is 0.267 e. The number of nitrogens with one attached hydrogen (secondary N) is 1. The topological polar surface area (TPSA) is 63.0 Å². The van der Waals surface area contributed by atoms with Crippen LogP contribution in [0.4, 0.5) is 0 Å². The summed E-state index contributed by atoms with van der Waals surface area (Å²) >= 11 is 1.67. The van der Waals surface area contributed by atoms with Gasteiger partial charge in [-0.15, -0.1) is 5.10 Å². The van der Waals surface area contributed by atoms with Gasteiger partial charge >= 0.3 is 0 Å². The van der Waals surface area contributed by atoms with Crippen LogP contribution in [0.3, 0.4) is 0 Å². The standard InChI is InChI=1S/C20H21N4OPS/c1-12(2)14-8-10-15(11-9-14)26(4)27-20-18-21-19(25)17-13(3)6-5-7-16(17)24(18)23-22-20/h5-12,23H,1-4H3. The van der Waals surface area contributed by atoms with E-state index in [1.54, 1.807) is 15.9 Å². The third kappa shape index (κ3) is 3.28. The van der Waals surface area contributed by atoms with Crippen LogP contribution in [0.1, 0.15) is 30.9 Å². The Labute approximate surface area is 162 Å². The van der Waals surface area contributed by atoms with Crippen molar-refractivity contribution in [1.82, 2.24) is 19.8 Å². The number of benzene rings is 2. The first-order chi connectivity index (χ1) is 13.0. The van der Waals surface area contributed by atoms with Crippen LogP contribution in [0.25, 0.3) is 16.6 Å². The number of hydrogen-bond acceptors (Lipinski definition) is 4. The third-order valence-corrected chi connectivity index (χ3v) is 8.43. The first-order valence-electron chi connectivity index (χ1n) is 8.84. The van der Waals surface area contributed by atoms with E-state index in [1.165, 1.54) is 10.9 Å². The minimum absolute atomic E-state index is 0.201. The minimum Gasteiger partial charge on any atom is -0.267 e. The van der Waals surface area contributed by atoms with Crippen molar-refractivity contribution in [3.05, 3.63) is 63.9 Å². The predicted octanol–water partition coefficient (Wildman–Crippen LogP) is 4.45. The molecule has 4 rings (SSSR count). The Morgan fingerprint density at radius 2 is 1.89 bits per heavy atom. The zero-order valence-electron chi connectivity index (χ0n) is 15.7. The van der Waals surface area contributed by atoms with Crippen LogP contribution >= 0.6 is 18.5 Å². The normalized spacial score (nSPS) is 12.9. The van der Waals surface area contributed by atoms with Gasteiger partial charge in [0.05, 0.1) is 10.9 Å². The Bertz CT molecular complexity index is 1180. The fraction of sp³-hybridized carbons (Fsp3) is 0.250. The van der Waals surface area contributed by atoms with Gasteiger partial charge in [0, 0.05) is 0 Å². The molecule has 1 N–H and O–H groups in total. The van der Waals surface area contributed by atoms with Gasteiger partial charge in [0.15, 0.2) is 10.7 Å². The van der Waals surface area contributed by atoms with Gasteiger partial charge in [-0.05, 0) is 49.1 Å². The van der Waals surface area contributed by atoms with Gasteiger partial charge < -0.3 is 0 Å². The highest BCUT2D eigenvalue weighted by Crippen LogP contribution is 2.50. The van der Waals surface area contributed by atoms with Gasteiger partial charge in [-0.25, -0.2) is 9.73 Å². The molecule has 0 aliphatic carbocycles. The van der Waals surface area contributed by atoms with Crippen molar-refractivity contribution in [2.45, 2.75) is 31.7 Å². The molecule has 5 nitrogen and oxygen atoms in total. The van der Waals surface area contributed by atoms with Crippen molar-refractivity contribution in [2.75, 3.05) is 6.66 Å². The first-order valence-corrected chi connectivity index (χ1v) is 12.0. The lowest BCUT2D eigenvalue weighted by atomic mass is 10.0. The number of aryl methyl sites for hydroxylation is 1. The van der Waals surface area contributed by atoms with E-state index in [1.807, 2.05) is 25.1 Å². The maximum Gasteiger partial charge on any atom is 0.281 e. The number of fused-ring (bicyclic) bond motifs is 3. The monoisotopic (exact) mass is 396 g/mol. The van der Waals surface area contributed by atoms with Crippen LogP contribution in [-0.4, -0.2) is 26.5 Å². The summed E-state index contributed by atoms with van der Waals surface area (Å²) in [6.45, 7) is 8.53. The molecule has 0 radical (unpaired) electrons. The van der Waals surface area contributed by atoms with Crippen LogP contribution in [0.5, 0.6) is 0 Å². The van der Waals surface area contributed by atoms with Gasteiger partial charge in [-0.3, -0.25) is 4.79 Å². The Morgan fingerprint density at radius 3 is 2.59 bits per heavy atom. The summed E-state index contributed by atoms with van der Waals surface area (Å²) in [7, 11) is -0.511. The zero-order chi connectivity index (χ0) is 19.1. The molecule has 7 heteroatoms. The molecule has 2 heterocycles. The molecule has 0 spiro atoms. The molecule has 4 aromatic rings. The van der Waals surface area contributed by atoms with E-state index >= 15 is 0 Å². The summed E-state index contributed by atoms with van der Waals surface area (Å²) in [5, 5.41) is 10.2. The number of aromatic nitrogens is 4. The van der Waals surface area contributed by atoms with Crippen LogP contribution in [-0.2, 0) is 0 Å². The quantitative estimate of drug-likeness (QED) is 0.518. The number of rotatable bonds is 4. The van der Waals surface area contributed by atoms with Gasteiger partial charge in [-0.1, -0.05) is 61.6 Å². The average molecular weight is 396 g/mol. The highest BCUT2D eigenvalue weighted by Gasteiger charge is 2.17. The fourth-order valence-electron chi connectivity index (χ4n) is 3.14. The molecule has 2 aromatic heterocycles. The van der Waals surface area contributed by atoms with E-state index in [0.717, 1.165) is 16.1 Å². The number of nitrogens with zero attached hydrogens (tertiary/aromatic N) is 3. The largest absolute Gasteiger partial charge is 0.281 e. The summed E-state index contributed by atoms with van der Waals surface area (Å²) in [6, 6.07) is 14.6. The van der Waals surface area contributed by atoms with E-state index in [0.29, 0.717) is 17.0 Å². The van der Waals surface area contributed by atoms with Gasteiger partial charge in [-0.2, -0.15) is 4.98 Å². The van der Waals surface area contributed by atoms with Crippen molar-refractivity contribution in [2.24, 2.45) is 0 Å². The van der Waals surface area contributed by atoms with E-state index in [2.05, 4.69) is 60.1 Å². The zero-order valence-corrected chi connectivity index (χ0v) is 17.4. The molecular formula is C20H21N4OPS. The molecule has 138 valence electrons. The molecular weight excluding hydrogens is 375 g/mol. The fourth-order valence-corrected chi connectivity index (χ4v) is 6.20. The Morgan fingerprint density at radius 1 is 1.15 bits per heavy atom. The average Bonchev–Trinajstić information content (AvgIpc) is 3.04. The second-order valence-electron chi connectivity index (χ2n) is 6.90. The van der Waals surface area contributed by atoms with Crippen molar-refractivity contribution < 1.29 is 0 Å². The van der Waals surface area contributed by atoms with Crippen LogP contribution in [0.15, 0.2) is 52.3 Å². The van der Waals surface area contributed by atoms with E-state index < -0.39 is 7.12 Å². The molecule has 0 bridgehead atoms. The van der Waals surface area contributed by atoms with E-state index in [-0.39, 0.29) is 5.56 Å². The van der Waals surface area contributed by atoms with Crippen molar-refractivity contribution in [1.29, 1.82) is 0 Å². The van der Waals surface area contributed by atoms with E-state index in [4.69, 9.17) is 0 Å². The second kappa shape index (κ2) is 7.10. The molecule has 0 aliphatic rings. The highest BCUT2D eigenvalue weighted by molar-refractivity contribution is 8.57. The molecule has 0 aliphatic heterocycles. The Balaban J connectivity index is 1.72. The number of H-pyrrole nitrogens is 1.